The number of carbonyl (C=O) groups is 1. The third kappa shape index (κ3) is 4.36. The number of para-hydroxylation sites is 1. The van der Waals surface area contributed by atoms with Crippen molar-refractivity contribution < 1.29 is 24.1 Å². The summed E-state index contributed by atoms with van der Waals surface area (Å²) in [6, 6.07) is 5.11. The van der Waals surface area contributed by atoms with Gasteiger partial charge in [0.1, 0.15) is 29.6 Å². The van der Waals surface area contributed by atoms with Crippen molar-refractivity contribution >= 4 is 5.91 Å². The standard InChI is InChI=1S/C22H29N3O6/c1-5-14-10-11-24(12-14)21(27)18-20(26)23-17(13-31-6-2)25(22(18)28)19-15(29-3)8-7-9-16(19)30-4/h7-9,14,28H,5-6,10-13H2,1-4H3/t14-/m1/s1. The predicted molar refractivity (Wildman–Crippen MR) is 114 cm³/mol. The summed E-state index contributed by atoms with van der Waals surface area (Å²) in [7, 11) is 2.96. The maximum atomic E-state index is 13.2. The minimum absolute atomic E-state index is 0.0450. The van der Waals surface area contributed by atoms with Crippen LogP contribution in [0.15, 0.2) is 23.0 Å². The zero-order valence-electron chi connectivity index (χ0n) is 18.4. The van der Waals surface area contributed by atoms with E-state index in [9.17, 15) is 14.7 Å². The molecule has 1 aliphatic rings. The van der Waals surface area contributed by atoms with Gasteiger partial charge in [0.2, 0.25) is 5.88 Å². The van der Waals surface area contributed by atoms with Gasteiger partial charge in [0.25, 0.3) is 11.5 Å². The molecular weight excluding hydrogens is 402 g/mol. The quantitative estimate of drug-likeness (QED) is 0.684. The van der Waals surface area contributed by atoms with Crippen molar-refractivity contribution in [1.29, 1.82) is 0 Å². The second-order valence-corrected chi connectivity index (χ2v) is 7.33. The highest BCUT2D eigenvalue weighted by Crippen LogP contribution is 2.36. The van der Waals surface area contributed by atoms with Gasteiger partial charge in [-0.2, -0.15) is 4.98 Å². The van der Waals surface area contributed by atoms with Crippen LogP contribution in [0.5, 0.6) is 17.4 Å². The minimum atomic E-state index is -0.790. The number of amides is 1. The molecule has 0 spiro atoms. The summed E-state index contributed by atoms with van der Waals surface area (Å²) in [6.07, 6.45) is 1.82. The van der Waals surface area contributed by atoms with Gasteiger partial charge in [0.05, 0.1) is 14.2 Å². The SMILES string of the molecule is CCOCc1nc(=O)c(C(=O)N2CC[C@@H](CC)C2)c(O)n1-c1c(OC)cccc1OC. The Morgan fingerprint density at radius 1 is 1.23 bits per heavy atom. The Morgan fingerprint density at radius 2 is 1.90 bits per heavy atom. The highest BCUT2D eigenvalue weighted by atomic mass is 16.5. The van der Waals surface area contributed by atoms with E-state index in [2.05, 4.69) is 11.9 Å². The van der Waals surface area contributed by atoms with Crippen LogP contribution < -0.4 is 15.0 Å². The average molecular weight is 431 g/mol. The molecule has 1 saturated heterocycles. The van der Waals surface area contributed by atoms with E-state index < -0.39 is 17.3 Å². The molecule has 168 valence electrons. The zero-order chi connectivity index (χ0) is 22.5. The number of rotatable bonds is 8. The molecule has 3 rings (SSSR count). The van der Waals surface area contributed by atoms with Gasteiger partial charge in [0, 0.05) is 19.7 Å². The normalized spacial score (nSPS) is 15.9. The van der Waals surface area contributed by atoms with E-state index in [-0.39, 0.29) is 18.0 Å². The molecule has 0 radical (unpaired) electrons. The van der Waals surface area contributed by atoms with Gasteiger partial charge >= 0.3 is 0 Å². The van der Waals surface area contributed by atoms with Gasteiger partial charge in [-0.15, -0.1) is 0 Å². The first kappa shape index (κ1) is 22.6. The lowest BCUT2D eigenvalue weighted by molar-refractivity contribution is 0.0779. The second-order valence-electron chi connectivity index (χ2n) is 7.33. The lowest BCUT2D eigenvalue weighted by atomic mass is 10.1. The van der Waals surface area contributed by atoms with Gasteiger partial charge in [-0.1, -0.05) is 19.4 Å². The number of aromatic hydroxyl groups is 1. The van der Waals surface area contributed by atoms with E-state index >= 15 is 0 Å². The van der Waals surface area contributed by atoms with Gasteiger partial charge in [-0.3, -0.25) is 14.2 Å². The first-order valence-corrected chi connectivity index (χ1v) is 10.4. The Hall–Kier alpha value is -3.07. The summed E-state index contributed by atoms with van der Waals surface area (Å²) >= 11 is 0. The van der Waals surface area contributed by atoms with Crippen molar-refractivity contribution in [1.82, 2.24) is 14.5 Å². The second kappa shape index (κ2) is 9.82. The average Bonchev–Trinajstić information content (AvgIpc) is 3.26. The predicted octanol–water partition coefficient (Wildman–Crippen LogP) is 2.36. The Bertz CT molecular complexity index is 981. The van der Waals surface area contributed by atoms with Crippen LogP contribution in [-0.2, 0) is 11.3 Å². The molecule has 1 amide bonds. The highest BCUT2D eigenvalue weighted by molar-refractivity contribution is 5.96. The Balaban J connectivity index is 2.22. The number of hydrogen-bond acceptors (Lipinski definition) is 7. The van der Waals surface area contributed by atoms with E-state index in [1.54, 1.807) is 30.0 Å². The molecule has 1 N–H and O–H groups in total. The molecule has 1 aliphatic heterocycles. The summed E-state index contributed by atoms with van der Waals surface area (Å²) < 4.78 is 17.7. The molecule has 2 heterocycles. The van der Waals surface area contributed by atoms with Crippen LogP contribution in [0, 0.1) is 5.92 Å². The van der Waals surface area contributed by atoms with Crippen molar-refractivity contribution in [2.45, 2.75) is 33.3 Å². The van der Waals surface area contributed by atoms with Crippen LogP contribution >= 0.6 is 0 Å². The van der Waals surface area contributed by atoms with E-state index in [0.29, 0.717) is 42.8 Å². The van der Waals surface area contributed by atoms with E-state index in [4.69, 9.17) is 14.2 Å². The van der Waals surface area contributed by atoms with E-state index in [1.807, 2.05) is 0 Å². The fourth-order valence-electron chi connectivity index (χ4n) is 3.83. The molecule has 1 atom stereocenters. The van der Waals surface area contributed by atoms with Crippen molar-refractivity contribution in [3.05, 3.63) is 39.9 Å². The largest absolute Gasteiger partial charge is 0.494 e. The molecule has 0 saturated carbocycles. The molecule has 0 aliphatic carbocycles. The zero-order valence-corrected chi connectivity index (χ0v) is 18.4. The molecule has 9 heteroatoms. The van der Waals surface area contributed by atoms with Gasteiger partial charge in [0.15, 0.2) is 5.56 Å². The fourth-order valence-corrected chi connectivity index (χ4v) is 3.83. The fraction of sp³-hybridized carbons (Fsp3) is 0.500. The molecular formula is C22H29N3O6. The lowest BCUT2D eigenvalue weighted by Gasteiger charge is -2.22. The van der Waals surface area contributed by atoms with Crippen molar-refractivity contribution in [2.75, 3.05) is 33.9 Å². The molecule has 0 unspecified atom stereocenters. The Kier molecular flexibility index (Phi) is 7.17. The molecule has 9 nitrogen and oxygen atoms in total. The van der Waals surface area contributed by atoms with Crippen LogP contribution in [0.3, 0.4) is 0 Å². The van der Waals surface area contributed by atoms with Gasteiger partial charge in [-0.25, -0.2) is 0 Å². The van der Waals surface area contributed by atoms with Crippen molar-refractivity contribution in [3.8, 4) is 23.1 Å². The number of hydrogen-bond donors (Lipinski definition) is 1. The van der Waals surface area contributed by atoms with Crippen LogP contribution in [-0.4, -0.2) is 59.4 Å². The number of nitrogens with zero attached hydrogens (tertiary/aromatic N) is 3. The Labute approximate surface area is 181 Å². The van der Waals surface area contributed by atoms with Gasteiger partial charge < -0.3 is 24.2 Å². The summed E-state index contributed by atoms with van der Waals surface area (Å²) in [5.74, 6) is 0.232. The molecule has 31 heavy (non-hydrogen) atoms. The summed E-state index contributed by atoms with van der Waals surface area (Å²) in [5.41, 5.74) is -0.832. The maximum absolute atomic E-state index is 13.2. The summed E-state index contributed by atoms with van der Waals surface area (Å²) in [5, 5.41) is 11.2. The highest BCUT2D eigenvalue weighted by Gasteiger charge is 2.32. The van der Waals surface area contributed by atoms with E-state index in [1.165, 1.54) is 18.8 Å². The van der Waals surface area contributed by atoms with E-state index in [0.717, 1.165) is 12.8 Å². The number of ether oxygens (including phenoxy) is 3. The number of benzene rings is 1. The number of aromatic nitrogens is 2. The number of likely N-dealkylation sites (tertiary alicyclic amines) is 1. The molecule has 1 aromatic heterocycles. The Morgan fingerprint density at radius 3 is 2.45 bits per heavy atom. The monoisotopic (exact) mass is 431 g/mol. The third-order valence-electron chi connectivity index (χ3n) is 5.56. The third-order valence-corrected chi connectivity index (χ3v) is 5.56. The van der Waals surface area contributed by atoms with Gasteiger partial charge in [-0.05, 0) is 31.4 Å². The van der Waals surface area contributed by atoms with Crippen molar-refractivity contribution in [3.63, 3.8) is 0 Å². The maximum Gasteiger partial charge on any atom is 0.289 e. The van der Waals surface area contributed by atoms with Crippen LogP contribution in [0.25, 0.3) is 5.69 Å². The molecule has 1 fully saturated rings. The smallest absolute Gasteiger partial charge is 0.289 e. The molecule has 1 aromatic carbocycles. The van der Waals surface area contributed by atoms with Crippen molar-refractivity contribution in [2.24, 2.45) is 5.92 Å². The molecule has 2 aromatic rings. The molecule has 0 bridgehead atoms. The number of carbonyl (C=O) groups excluding carboxylic acids is 1. The topological polar surface area (TPSA) is 103 Å². The first-order valence-electron chi connectivity index (χ1n) is 10.4. The first-order chi connectivity index (χ1) is 15.0. The lowest BCUT2D eigenvalue weighted by Crippen LogP contribution is -2.35. The minimum Gasteiger partial charge on any atom is -0.494 e. The van der Waals surface area contributed by atoms with Crippen LogP contribution in [0.4, 0.5) is 0 Å². The number of methoxy groups -OCH3 is 2. The summed E-state index contributed by atoms with van der Waals surface area (Å²) in [4.78, 5) is 31.7. The van der Waals surface area contributed by atoms with Crippen LogP contribution in [0.1, 0.15) is 42.9 Å². The van der Waals surface area contributed by atoms with Crippen LogP contribution in [0.2, 0.25) is 0 Å². The summed E-state index contributed by atoms with van der Waals surface area (Å²) in [6.45, 7) is 5.30.